The number of rotatable bonds is 4. The molecule has 0 aliphatic heterocycles. The van der Waals surface area contributed by atoms with Gasteiger partial charge in [-0.1, -0.05) is 0 Å². The molecule has 0 aromatic carbocycles. The zero-order valence-electron chi connectivity index (χ0n) is 6.35. The van der Waals surface area contributed by atoms with Gasteiger partial charge in [0.25, 0.3) is 20.2 Å². The Bertz CT molecular complexity index is 377. The predicted molar refractivity (Wildman–Crippen MR) is 37.3 cm³/mol. The van der Waals surface area contributed by atoms with Crippen molar-refractivity contribution in [1.82, 2.24) is 0 Å². The summed E-state index contributed by atoms with van der Waals surface area (Å²) in [5.74, 6) is 0. The number of alkyl halides is 3. The van der Waals surface area contributed by atoms with Crippen molar-refractivity contribution in [1.29, 1.82) is 0 Å². The van der Waals surface area contributed by atoms with Crippen LogP contribution in [0.1, 0.15) is 0 Å². The molecule has 0 radical (unpaired) electrons. The summed E-state index contributed by atoms with van der Waals surface area (Å²) in [5, 5.41) is -1.91. The Labute approximate surface area is 77.5 Å². The van der Waals surface area contributed by atoms with Gasteiger partial charge in [0.15, 0.2) is 6.61 Å². The van der Waals surface area contributed by atoms with E-state index in [1.807, 2.05) is 0 Å². The van der Waals surface area contributed by atoms with Crippen molar-refractivity contribution >= 4 is 20.2 Å². The number of halogens is 3. The average molecular weight is 258 g/mol. The molecule has 11 heteroatoms. The fraction of sp³-hybridized carbons (Fsp3) is 1.00. The van der Waals surface area contributed by atoms with Crippen molar-refractivity contribution < 1.29 is 38.7 Å². The molecule has 0 aromatic rings. The van der Waals surface area contributed by atoms with Crippen molar-refractivity contribution in [2.45, 2.75) is 6.18 Å². The molecule has 86 valence electrons. The lowest BCUT2D eigenvalue weighted by Gasteiger charge is -2.06. The Balaban J connectivity index is 4.40. The first-order chi connectivity index (χ1) is 5.91. The molecule has 0 amide bonds. The molecule has 0 saturated carbocycles. The van der Waals surface area contributed by atoms with Crippen molar-refractivity contribution in [3.63, 3.8) is 0 Å². The highest BCUT2D eigenvalue weighted by Gasteiger charge is 2.32. The molecule has 0 aliphatic rings. The van der Waals surface area contributed by atoms with Crippen LogP contribution in [-0.2, 0) is 24.4 Å². The van der Waals surface area contributed by atoms with Gasteiger partial charge in [-0.3, -0.25) is 8.74 Å². The highest BCUT2D eigenvalue weighted by Crippen LogP contribution is 2.16. The summed E-state index contributed by atoms with van der Waals surface area (Å²) in [6.07, 6.45) is -4.90. The van der Waals surface area contributed by atoms with E-state index in [-0.39, 0.29) is 0 Å². The molecule has 0 unspecified atom stereocenters. The Morgan fingerprint density at radius 3 is 1.86 bits per heavy atom. The van der Waals surface area contributed by atoms with Gasteiger partial charge in [0.1, 0.15) is 0 Å². The highest BCUT2D eigenvalue weighted by molar-refractivity contribution is 8.03. The van der Waals surface area contributed by atoms with E-state index >= 15 is 0 Å². The fourth-order valence-corrected chi connectivity index (χ4v) is 2.42. The molecule has 0 saturated heterocycles. The lowest BCUT2D eigenvalue weighted by molar-refractivity contribution is -0.152. The maximum atomic E-state index is 11.4. The lowest BCUT2D eigenvalue weighted by atomic mass is 10.7. The van der Waals surface area contributed by atoms with Crippen molar-refractivity contribution in [3.8, 4) is 0 Å². The second kappa shape index (κ2) is 4.00. The third kappa shape index (κ3) is 8.22. The van der Waals surface area contributed by atoms with Crippen LogP contribution in [0.3, 0.4) is 0 Å². The second-order valence-corrected chi connectivity index (χ2v) is 5.59. The first-order valence-electron chi connectivity index (χ1n) is 2.80. The van der Waals surface area contributed by atoms with E-state index in [1.165, 1.54) is 0 Å². The molecule has 0 fully saturated rings. The largest absolute Gasteiger partial charge is 0.413 e. The first-order valence-corrected chi connectivity index (χ1v) is 5.99. The van der Waals surface area contributed by atoms with Gasteiger partial charge in [0.2, 0.25) is 5.08 Å². The van der Waals surface area contributed by atoms with Gasteiger partial charge in [0.05, 0.1) is 0 Å². The Morgan fingerprint density at radius 2 is 1.57 bits per heavy atom. The van der Waals surface area contributed by atoms with Gasteiger partial charge in [-0.15, -0.1) is 0 Å². The zero-order valence-corrected chi connectivity index (χ0v) is 7.99. The van der Waals surface area contributed by atoms with Crippen LogP contribution in [0.5, 0.6) is 0 Å². The van der Waals surface area contributed by atoms with E-state index in [2.05, 4.69) is 4.18 Å². The molecule has 0 heterocycles. The molecular weight excluding hydrogens is 253 g/mol. The Morgan fingerprint density at radius 1 is 1.14 bits per heavy atom. The van der Waals surface area contributed by atoms with E-state index in [9.17, 15) is 30.0 Å². The Kier molecular flexibility index (Phi) is 3.89. The monoisotopic (exact) mass is 258 g/mol. The molecule has 14 heavy (non-hydrogen) atoms. The molecule has 6 nitrogen and oxygen atoms in total. The van der Waals surface area contributed by atoms with Crippen LogP contribution < -0.4 is 0 Å². The molecule has 0 aliphatic carbocycles. The summed E-state index contributed by atoms with van der Waals surface area (Å²) >= 11 is 0. The molecular formula is C3H5F3O6S2. The van der Waals surface area contributed by atoms with E-state index in [0.29, 0.717) is 0 Å². The topological polar surface area (TPSA) is 97.7 Å². The van der Waals surface area contributed by atoms with E-state index < -0.39 is 38.1 Å². The minimum Gasteiger partial charge on any atom is -0.285 e. The second-order valence-electron chi connectivity index (χ2n) is 2.13. The SMILES string of the molecule is O=S(=O)(O)CS(=O)(=O)OCC(F)(F)F. The minimum absolute atomic E-state index is 1.91. The van der Waals surface area contributed by atoms with E-state index in [0.717, 1.165) is 0 Å². The number of hydrogen-bond donors (Lipinski definition) is 1. The zero-order chi connectivity index (χ0) is 11.6. The van der Waals surface area contributed by atoms with Gasteiger partial charge in [-0.2, -0.15) is 30.0 Å². The van der Waals surface area contributed by atoms with Crippen LogP contribution in [0.2, 0.25) is 0 Å². The van der Waals surface area contributed by atoms with Gasteiger partial charge in [-0.05, 0) is 0 Å². The maximum absolute atomic E-state index is 11.4. The first kappa shape index (κ1) is 13.6. The summed E-state index contributed by atoms with van der Waals surface area (Å²) in [5.41, 5.74) is 0. The van der Waals surface area contributed by atoms with Crippen molar-refractivity contribution in [2.75, 3.05) is 11.7 Å². The third-order valence-electron chi connectivity index (χ3n) is 0.695. The van der Waals surface area contributed by atoms with Crippen LogP contribution in [0.15, 0.2) is 0 Å². The van der Waals surface area contributed by atoms with Crippen molar-refractivity contribution in [3.05, 3.63) is 0 Å². The summed E-state index contributed by atoms with van der Waals surface area (Å²) < 4.78 is 86.4. The quantitative estimate of drug-likeness (QED) is 0.551. The Hall–Kier alpha value is -0.390. The summed E-state index contributed by atoms with van der Waals surface area (Å²) in [4.78, 5) is 0. The summed E-state index contributed by atoms with van der Waals surface area (Å²) in [6.45, 7) is -2.13. The average Bonchev–Trinajstić information content (AvgIpc) is 1.76. The lowest BCUT2D eigenvalue weighted by Crippen LogP contribution is -2.24. The highest BCUT2D eigenvalue weighted by atomic mass is 32.3. The maximum Gasteiger partial charge on any atom is 0.413 e. The van der Waals surface area contributed by atoms with Gasteiger partial charge < -0.3 is 0 Å². The van der Waals surface area contributed by atoms with Crippen LogP contribution in [0, 0.1) is 0 Å². The molecule has 0 atom stereocenters. The van der Waals surface area contributed by atoms with Crippen LogP contribution in [0.25, 0.3) is 0 Å². The fourth-order valence-electron chi connectivity index (χ4n) is 0.373. The molecule has 0 rings (SSSR count). The summed E-state index contributed by atoms with van der Waals surface area (Å²) in [6, 6.07) is 0. The summed E-state index contributed by atoms with van der Waals surface area (Å²) in [7, 11) is -9.86. The van der Waals surface area contributed by atoms with Gasteiger partial charge in [0, 0.05) is 0 Å². The van der Waals surface area contributed by atoms with Crippen LogP contribution in [-0.4, -0.2) is 39.3 Å². The minimum atomic E-state index is -4.93. The molecule has 0 aromatic heterocycles. The third-order valence-corrected chi connectivity index (χ3v) is 3.52. The van der Waals surface area contributed by atoms with Crippen LogP contribution >= 0.6 is 0 Å². The van der Waals surface area contributed by atoms with Crippen molar-refractivity contribution in [2.24, 2.45) is 0 Å². The van der Waals surface area contributed by atoms with Gasteiger partial charge in [-0.25, -0.2) is 0 Å². The van der Waals surface area contributed by atoms with E-state index in [1.54, 1.807) is 0 Å². The smallest absolute Gasteiger partial charge is 0.285 e. The predicted octanol–water partition coefficient (Wildman–Crippen LogP) is -0.260. The number of hydrogen-bond acceptors (Lipinski definition) is 5. The molecule has 0 bridgehead atoms. The van der Waals surface area contributed by atoms with E-state index in [4.69, 9.17) is 4.55 Å². The normalized spacial score (nSPS) is 14.3. The standard InChI is InChI=1S/C3H5F3O6S2/c4-3(5,6)1-12-14(10,11)2-13(7,8)9/h1-2H2,(H,7,8,9). The van der Waals surface area contributed by atoms with Gasteiger partial charge >= 0.3 is 6.18 Å². The molecule has 1 N–H and O–H groups in total. The molecule has 0 spiro atoms. The van der Waals surface area contributed by atoms with Crippen LogP contribution in [0.4, 0.5) is 13.2 Å².